The zero-order valence-corrected chi connectivity index (χ0v) is 10.8. The van der Waals surface area contributed by atoms with Crippen LogP contribution in [0, 0.1) is 5.92 Å². The number of rotatable bonds is 5. The predicted molar refractivity (Wildman–Crippen MR) is 69.4 cm³/mol. The Hall–Kier alpha value is -1.56. The van der Waals surface area contributed by atoms with Gasteiger partial charge in [0.2, 0.25) is 5.96 Å². The second-order valence-electron chi connectivity index (χ2n) is 4.35. The smallest absolute Gasteiger partial charge is 0.205 e. The van der Waals surface area contributed by atoms with E-state index in [0.717, 1.165) is 19.5 Å². The molecule has 0 atom stereocenters. The lowest BCUT2D eigenvalue weighted by Crippen LogP contribution is -2.42. The molecule has 1 aromatic rings. The van der Waals surface area contributed by atoms with E-state index in [-0.39, 0.29) is 0 Å². The standard InChI is InChI=1S/C11H22N6/c1-9(2)8-14-11(16-12)13-6-4-10-5-7-15-17(10)3/h5,7,9H,4,6,8,12H2,1-3H3,(H2,13,14,16). The van der Waals surface area contributed by atoms with Crippen LogP contribution < -0.4 is 16.6 Å². The molecule has 0 unspecified atom stereocenters. The molecule has 0 aromatic carbocycles. The highest BCUT2D eigenvalue weighted by atomic mass is 15.3. The van der Waals surface area contributed by atoms with Gasteiger partial charge in [-0.15, -0.1) is 0 Å². The quantitative estimate of drug-likeness (QED) is 0.292. The first-order valence-electron chi connectivity index (χ1n) is 5.85. The lowest BCUT2D eigenvalue weighted by atomic mass is 10.2. The molecule has 0 bridgehead atoms. The Morgan fingerprint density at radius 1 is 1.59 bits per heavy atom. The summed E-state index contributed by atoms with van der Waals surface area (Å²) in [6.45, 7) is 5.78. The normalized spacial score (nSPS) is 11.9. The van der Waals surface area contributed by atoms with Crippen molar-refractivity contribution < 1.29 is 0 Å². The van der Waals surface area contributed by atoms with Crippen LogP contribution >= 0.6 is 0 Å². The molecule has 0 spiro atoms. The maximum absolute atomic E-state index is 5.39. The number of hydrazine groups is 1. The number of aryl methyl sites for hydroxylation is 1. The van der Waals surface area contributed by atoms with Crippen molar-refractivity contribution >= 4 is 5.96 Å². The van der Waals surface area contributed by atoms with Gasteiger partial charge in [0.1, 0.15) is 0 Å². The molecule has 0 saturated carbocycles. The van der Waals surface area contributed by atoms with Gasteiger partial charge in [-0.05, 0) is 12.0 Å². The highest BCUT2D eigenvalue weighted by Crippen LogP contribution is 1.96. The molecular formula is C11H22N6. The molecule has 17 heavy (non-hydrogen) atoms. The Morgan fingerprint density at radius 3 is 2.88 bits per heavy atom. The summed E-state index contributed by atoms with van der Waals surface area (Å²) in [7, 11) is 1.93. The second kappa shape index (κ2) is 6.90. The number of aliphatic imine (C=N–C) groups is 1. The number of hydrogen-bond donors (Lipinski definition) is 3. The Kier molecular flexibility index (Phi) is 5.48. The summed E-state index contributed by atoms with van der Waals surface area (Å²) in [5.74, 6) is 6.55. The fraction of sp³-hybridized carbons (Fsp3) is 0.636. The van der Waals surface area contributed by atoms with Gasteiger partial charge in [0.15, 0.2) is 0 Å². The van der Waals surface area contributed by atoms with Gasteiger partial charge < -0.3 is 5.32 Å². The number of guanidine groups is 1. The van der Waals surface area contributed by atoms with Crippen LogP contribution in [-0.2, 0) is 13.5 Å². The van der Waals surface area contributed by atoms with Gasteiger partial charge in [-0.2, -0.15) is 5.10 Å². The molecular weight excluding hydrogens is 216 g/mol. The molecule has 0 saturated heterocycles. The third-order valence-corrected chi connectivity index (χ3v) is 2.35. The van der Waals surface area contributed by atoms with E-state index in [1.54, 1.807) is 6.20 Å². The maximum atomic E-state index is 5.39. The van der Waals surface area contributed by atoms with Gasteiger partial charge in [-0.25, -0.2) is 5.84 Å². The molecule has 4 N–H and O–H groups in total. The Labute approximate surface area is 102 Å². The van der Waals surface area contributed by atoms with Crippen LogP contribution in [0.4, 0.5) is 0 Å². The van der Waals surface area contributed by atoms with Crippen molar-refractivity contribution in [2.45, 2.75) is 20.3 Å². The van der Waals surface area contributed by atoms with E-state index < -0.39 is 0 Å². The Bertz CT molecular complexity index is 355. The summed E-state index contributed by atoms with van der Waals surface area (Å²) in [5, 5.41) is 7.28. The monoisotopic (exact) mass is 238 g/mol. The number of nitrogens with one attached hydrogen (secondary N) is 2. The van der Waals surface area contributed by atoms with Crippen LogP contribution in [0.25, 0.3) is 0 Å². The van der Waals surface area contributed by atoms with E-state index in [0.29, 0.717) is 11.9 Å². The first kappa shape index (κ1) is 13.5. The highest BCUT2D eigenvalue weighted by Gasteiger charge is 2.00. The number of hydrogen-bond acceptors (Lipinski definition) is 3. The number of nitrogens with two attached hydrogens (primary N) is 1. The summed E-state index contributed by atoms with van der Waals surface area (Å²) >= 11 is 0. The van der Waals surface area contributed by atoms with E-state index >= 15 is 0 Å². The van der Waals surface area contributed by atoms with E-state index in [1.807, 2.05) is 17.8 Å². The first-order chi connectivity index (χ1) is 8.13. The number of nitrogens with zero attached hydrogens (tertiary/aromatic N) is 3. The van der Waals surface area contributed by atoms with Gasteiger partial charge in [-0.1, -0.05) is 13.8 Å². The zero-order valence-electron chi connectivity index (χ0n) is 10.8. The average Bonchev–Trinajstić information content (AvgIpc) is 2.69. The summed E-state index contributed by atoms with van der Waals surface area (Å²) in [6.07, 6.45) is 2.68. The molecule has 96 valence electrons. The van der Waals surface area contributed by atoms with Gasteiger partial charge in [0.05, 0.1) is 0 Å². The van der Waals surface area contributed by atoms with Crippen LogP contribution in [0.3, 0.4) is 0 Å². The lowest BCUT2D eigenvalue weighted by Gasteiger charge is -2.10. The van der Waals surface area contributed by atoms with Crippen molar-refractivity contribution in [1.82, 2.24) is 20.5 Å². The molecule has 0 radical (unpaired) electrons. The minimum atomic E-state index is 0.525. The third kappa shape index (κ3) is 4.86. The minimum absolute atomic E-state index is 0.525. The van der Waals surface area contributed by atoms with E-state index in [4.69, 9.17) is 5.84 Å². The molecule has 6 heteroatoms. The molecule has 0 amide bonds. The van der Waals surface area contributed by atoms with Gasteiger partial charge in [0, 0.05) is 38.4 Å². The van der Waals surface area contributed by atoms with Gasteiger partial charge >= 0.3 is 0 Å². The van der Waals surface area contributed by atoms with Crippen LogP contribution in [-0.4, -0.2) is 28.8 Å². The van der Waals surface area contributed by atoms with Crippen LogP contribution in [0.15, 0.2) is 17.3 Å². The van der Waals surface area contributed by atoms with Crippen molar-refractivity contribution in [3.05, 3.63) is 18.0 Å². The third-order valence-electron chi connectivity index (χ3n) is 2.35. The molecule has 0 fully saturated rings. The van der Waals surface area contributed by atoms with E-state index in [9.17, 15) is 0 Å². The fourth-order valence-electron chi connectivity index (χ4n) is 1.38. The predicted octanol–water partition coefficient (Wildman–Crippen LogP) is 0.0275. The molecule has 6 nitrogen and oxygen atoms in total. The topological polar surface area (TPSA) is 80.3 Å². The first-order valence-corrected chi connectivity index (χ1v) is 5.85. The largest absolute Gasteiger partial charge is 0.355 e. The lowest BCUT2D eigenvalue weighted by molar-refractivity contribution is 0.653. The molecule has 0 aliphatic carbocycles. The van der Waals surface area contributed by atoms with Crippen LogP contribution in [0.2, 0.25) is 0 Å². The fourth-order valence-corrected chi connectivity index (χ4v) is 1.38. The van der Waals surface area contributed by atoms with E-state index in [1.165, 1.54) is 5.69 Å². The van der Waals surface area contributed by atoms with Crippen LogP contribution in [0.5, 0.6) is 0 Å². The molecule has 0 aliphatic rings. The Balaban J connectivity index is 2.33. The van der Waals surface area contributed by atoms with Gasteiger partial charge in [0.25, 0.3) is 0 Å². The minimum Gasteiger partial charge on any atom is -0.355 e. The van der Waals surface area contributed by atoms with E-state index in [2.05, 4.69) is 34.7 Å². The van der Waals surface area contributed by atoms with Crippen molar-refractivity contribution in [2.75, 3.05) is 13.1 Å². The maximum Gasteiger partial charge on any atom is 0.205 e. The molecule has 1 rings (SSSR count). The number of aromatic nitrogens is 2. The second-order valence-corrected chi connectivity index (χ2v) is 4.35. The average molecular weight is 238 g/mol. The summed E-state index contributed by atoms with van der Waals surface area (Å²) in [5.41, 5.74) is 3.75. The molecule has 1 heterocycles. The van der Waals surface area contributed by atoms with Crippen molar-refractivity contribution in [3.63, 3.8) is 0 Å². The van der Waals surface area contributed by atoms with Gasteiger partial charge in [-0.3, -0.25) is 15.1 Å². The highest BCUT2D eigenvalue weighted by molar-refractivity contribution is 5.79. The zero-order chi connectivity index (χ0) is 12.7. The molecule has 1 aromatic heterocycles. The molecule has 0 aliphatic heterocycles. The van der Waals surface area contributed by atoms with Crippen LogP contribution in [0.1, 0.15) is 19.5 Å². The van der Waals surface area contributed by atoms with Crippen molar-refractivity contribution in [3.8, 4) is 0 Å². The van der Waals surface area contributed by atoms with Crippen molar-refractivity contribution in [1.29, 1.82) is 0 Å². The summed E-state index contributed by atoms with van der Waals surface area (Å²) in [4.78, 5) is 4.33. The summed E-state index contributed by atoms with van der Waals surface area (Å²) < 4.78 is 1.86. The summed E-state index contributed by atoms with van der Waals surface area (Å²) in [6, 6.07) is 2.00. The van der Waals surface area contributed by atoms with Crippen molar-refractivity contribution in [2.24, 2.45) is 23.8 Å². The SMILES string of the molecule is CC(C)CN=C(NN)NCCc1ccnn1C. The Morgan fingerprint density at radius 2 is 2.35 bits per heavy atom.